The van der Waals surface area contributed by atoms with Crippen LogP contribution in [0.2, 0.25) is 5.02 Å². The molecule has 24 heavy (non-hydrogen) atoms. The predicted molar refractivity (Wildman–Crippen MR) is 90.7 cm³/mol. The zero-order chi connectivity index (χ0) is 17.3. The third kappa shape index (κ3) is 3.48. The lowest BCUT2D eigenvalue weighted by Crippen LogP contribution is -2.34. The van der Waals surface area contributed by atoms with Gasteiger partial charge in [-0.1, -0.05) is 17.7 Å². The highest BCUT2D eigenvalue weighted by atomic mass is 35.5. The first-order valence-electron chi connectivity index (χ1n) is 7.72. The Morgan fingerprint density at radius 2 is 2.00 bits per heavy atom. The maximum absolute atomic E-state index is 14.0. The van der Waals surface area contributed by atoms with Gasteiger partial charge in [0.15, 0.2) is 11.5 Å². The standard InChI is InChI=1S/C17H18ClFN4O/c1-22(2)16-9-8-15(20-21-16)17(24)23(11-6-7-11)10-12-13(18)4-3-5-14(12)19/h3-5,8-9,11H,6-7,10H2,1-2H3. The minimum atomic E-state index is -0.407. The SMILES string of the molecule is CN(C)c1ccc(C(=O)N(Cc2c(F)cccc2Cl)C2CC2)nn1. The van der Waals surface area contributed by atoms with E-state index in [9.17, 15) is 9.18 Å². The van der Waals surface area contributed by atoms with Crippen LogP contribution in [0.25, 0.3) is 0 Å². The number of anilines is 1. The van der Waals surface area contributed by atoms with Crippen molar-refractivity contribution in [1.29, 1.82) is 0 Å². The van der Waals surface area contributed by atoms with Crippen molar-refractivity contribution < 1.29 is 9.18 Å². The maximum atomic E-state index is 14.0. The van der Waals surface area contributed by atoms with Gasteiger partial charge in [0, 0.05) is 30.7 Å². The fraction of sp³-hybridized carbons (Fsp3) is 0.353. The quantitative estimate of drug-likeness (QED) is 0.833. The van der Waals surface area contributed by atoms with E-state index in [2.05, 4.69) is 10.2 Å². The number of halogens is 2. The Morgan fingerprint density at radius 1 is 1.25 bits per heavy atom. The first-order valence-corrected chi connectivity index (χ1v) is 8.10. The molecule has 0 saturated heterocycles. The summed E-state index contributed by atoms with van der Waals surface area (Å²) in [5, 5.41) is 8.36. The molecule has 1 aliphatic rings. The van der Waals surface area contributed by atoms with Crippen LogP contribution in [0, 0.1) is 5.82 Å². The molecular formula is C17H18ClFN4O. The van der Waals surface area contributed by atoms with Crippen molar-refractivity contribution >= 4 is 23.3 Å². The number of hydrogen-bond donors (Lipinski definition) is 0. The summed E-state index contributed by atoms with van der Waals surface area (Å²) in [5.41, 5.74) is 0.581. The van der Waals surface area contributed by atoms with E-state index in [0.29, 0.717) is 16.4 Å². The molecule has 0 spiro atoms. The van der Waals surface area contributed by atoms with E-state index in [1.165, 1.54) is 6.07 Å². The molecule has 0 atom stereocenters. The first-order chi connectivity index (χ1) is 11.5. The monoisotopic (exact) mass is 348 g/mol. The molecule has 3 rings (SSSR count). The molecule has 0 radical (unpaired) electrons. The number of rotatable bonds is 5. The van der Waals surface area contributed by atoms with Crippen molar-refractivity contribution in [3.63, 3.8) is 0 Å². The number of carbonyl (C=O) groups is 1. The van der Waals surface area contributed by atoms with Gasteiger partial charge in [0.2, 0.25) is 0 Å². The number of benzene rings is 1. The Labute approximate surface area is 145 Å². The van der Waals surface area contributed by atoms with Crippen LogP contribution < -0.4 is 4.90 Å². The van der Waals surface area contributed by atoms with Crippen molar-refractivity contribution in [2.75, 3.05) is 19.0 Å². The second-order valence-electron chi connectivity index (χ2n) is 6.04. The molecule has 0 bridgehead atoms. The van der Waals surface area contributed by atoms with Gasteiger partial charge in [0.1, 0.15) is 5.82 Å². The number of hydrogen-bond acceptors (Lipinski definition) is 4. The summed E-state index contributed by atoms with van der Waals surface area (Å²) in [6, 6.07) is 8.01. The van der Waals surface area contributed by atoms with Gasteiger partial charge in [0.25, 0.3) is 5.91 Å². The average Bonchev–Trinajstić information content (AvgIpc) is 3.39. The van der Waals surface area contributed by atoms with Gasteiger partial charge in [-0.25, -0.2) is 4.39 Å². The summed E-state index contributed by atoms with van der Waals surface area (Å²) in [7, 11) is 3.70. The Balaban J connectivity index is 1.84. The molecule has 0 N–H and O–H groups in total. The van der Waals surface area contributed by atoms with Crippen LogP contribution >= 0.6 is 11.6 Å². The highest BCUT2D eigenvalue weighted by molar-refractivity contribution is 6.31. The Morgan fingerprint density at radius 3 is 2.54 bits per heavy atom. The highest BCUT2D eigenvalue weighted by Crippen LogP contribution is 2.31. The molecule has 126 valence electrons. The lowest BCUT2D eigenvalue weighted by molar-refractivity contribution is 0.0721. The minimum Gasteiger partial charge on any atom is -0.361 e. The smallest absolute Gasteiger partial charge is 0.274 e. The second kappa shape index (κ2) is 6.73. The molecule has 1 aromatic carbocycles. The lowest BCUT2D eigenvalue weighted by Gasteiger charge is -2.23. The molecule has 1 heterocycles. The third-order valence-electron chi connectivity index (χ3n) is 3.97. The van der Waals surface area contributed by atoms with Gasteiger partial charge in [-0.15, -0.1) is 10.2 Å². The summed E-state index contributed by atoms with van der Waals surface area (Å²) in [6.07, 6.45) is 1.81. The van der Waals surface area contributed by atoms with E-state index < -0.39 is 5.82 Å². The highest BCUT2D eigenvalue weighted by Gasteiger charge is 2.34. The van der Waals surface area contributed by atoms with E-state index >= 15 is 0 Å². The normalized spacial score (nSPS) is 13.7. The summed E-state index contributed by atoms with van der Waals surface area (Å²) in [4.78, 5) is 16.2. The molecule has 1 aliphatic carbocycles. The van der Waals surface area contributed by atoms with Crippen LogP contribution in [0.15, 0.2) is 30.3 Å². The fourth-order valence-electron chi connectivity index (χ4n) is 2.43. The van der Waals surface area contributed by atoms with Crippen molar-refractivity contribution in [2.24, 2.45) is 0 Å². The molecule has 7 heteroatoms. The summed E-state index contributed by atoms with van der Waals surface area (Å²) in [6.45, 7) is 0.131. The molecular weight excluding hydrogens is 331 g/mol. The van der Waals surface area contributed by atoms with E-state index in [1.807, 2.05) is 14.1 Å². The molecule has 1 aromatic heterocycles. The summed E-state index contributed by atoms with van der Waals surface area (Å²) >= 11 is 6.09. The van der Waals surface area contributed by atoms with Gasteiger partial charge in [0.05, 0.1) is 6.54 Å². The van der Waals surface area contributed by atoms with Crippen molar-refractivity contribution in [2.45, 2.75) is 25.4 Å². The van der Waals surface area contributed by atoms with Crippen molar-refractivity contribution in [3.8, 4) is 0 Å². The van der Waals surface area contributed by atoms with Gasteiger partial charge in [-0.05, 0) is 37.1 Å². The van der Waals surface area contributed by atoms with Gasteiger partial charge in [-0.2, -0.15) is 0 Å². The zero-order valence-corrected chi connectivity index (χ0v) is 14.3. The average molecular weight is 349 g/mol. The summed E-state index contributed by atoms with van der Waals surface area (Å²) < 4.78 is 14.0. The van der Waals surface area contributed by atoms with E-state index in [1.54, 1.807) is 34.1 Å². The van der Waals surface area contributed by atoms with E-state index in [0.717, 1.165) is 12.8 Å². The number of aromatic nitrogens is 2. The fourth-order valence-corrected chi connectivity index (χ4v) is 2.65. The number of amides is 1. The number of carbonyl (C=O) groups excluding carboxylic acids is 1. The van der Waals surface area contributed by atoms with E-state index in [4.69, 9.17) is 11.6 Å². The first kappa shape index (κ1) is 16.6. The maximum Gasteiger partial charge on any atom is 0.274 e. The van der Waals surface area contributed by atoms with Gasteiger partial charge >= 0.3 is 0 Å². The Kier molecular flexibility index (Phi) is 4.66. The van der Waals surface area contributed by atoms with Crippen LogP contribution in [0.5, 0.6) is 0 Å². The third-order valence-corrected chi connectivity index (χ3v) is 4.32. The second-order valence-corrected chi connectivity index (χ2v) is 6.44. The van der Waals surface area contributed by atoms with Gasteiger partial charge < -0.3 is 9.80 Å². The van der Waals surface area contributed by atoms with Gasteiger partial charge in [-0.3, -0.25) is 4.79 Å². The van der Waals surface area contributed by atoms with E-state index in [-0.39, 0.29) is 24.2 Å². The molecule has 2 aromatic rings. The molecule has 0 aliphatic heterocycles. The van der Waals surface area contributed by atoms with Crippen molar-refractivity contribution in [1.82, 2.24) is 15.1 Å². The van der Waals surface area contributed by atoms with Crippen LogP contribution in [0.4, 0.5) is 10.2 Å². The predicted octanol–water partition coefficient (Wildman–Crippen LogP) is 3.14. The summed E-state index contributed by atoms with van der Waals surface area (Å²) in [5.74, 6) is 0.00582. The van der Waals surface area contributed by atoms with Crippen molar-refractivity contribution in [3.05, 3.63) is 52.4 Å². The molecule has 0 unspecified atom stereocenters. The largest absolute Gasteiger partial charge is 0.361 e. The Bertz CT molecular complexity index is 727. The van der Waals surface area contributed by atoms with Crippen LogP contribution in [-0.2, 0) is 6.54 Å². The molecule has 1 fully saturated rings. The zero-order valence-electron chi connectivity index (χ0n) is 13.5. The molecule has 1 amide bonds. The molecule has 1 saturated carbocycles. The Hall–Kier alpha value is -2.21. The van der Waals surface area contributed by atoms with Crippen LogP contribution in [0.1, 0.15) is 28.9 Å². The lowest BCUT2D eigenvalue weighted by atomic mass is 10.2. The number of nitrogens with zero attached hydrogens (tertiary/aromatic N) is 4. The topological polar surface area (TPSA) is 49.3 Å². The van der Waals surface area contributed by atoms with Crippen LogP contribution in [-0.4, -0.2) is 41.1 Å². The minimum absolute atomic E-state index is 0.100. The molecule has 5 nitrogen and oxygen atoms in total. The van der Waals surface area contributed by atoms with Crippen LogP contribution in [0.3, 0.4) is 0 Å².